The number of rotatable bonds is 6. The van der Waals surface area contributed by atoms with Gasteiger partial charge in [-0.15, -0.1) is 0 Å². The molecule has 0 atom stereocenters. The van der Waals surface area contributed by atoms with Gasteiger partial charge in [0.2, 0.25) is 0 Å². The van der Waals surface area contributed by atoms with Gasteiger partial charge in [0.1, 0.15) is 5.82 Å². The van der Waals surface area contributed by atoms with Gasteiger partial charge in [-0.05, 0) is 48.8 Å². The number of aromatic nitrogens is 2. The molecule has 6 heteroatoms. The SMILES string of the molecule is CCCc1cc(=O)[nH]c(Sc2ccc(CCN)cc2F)n1. The van der Waals surface area contributed by atoms with Gasteiger partial charge in [0.15, 0.2) is 5.16 Å². The molecule has 1 aromatic carbocycles. The second-order valence-electron chi connectivity index (χ2n) is 4.70. The molecule has 0 fully saturated rings. The molecule has 0 unspecified atom stereocenters. The number of aromatic amines is 1. The first-order valence-electron chi connectivity index (χ1n) is 6.89. The van der Waals surface area contributed by atoms with Gasteiger partial charge in [0, 0.05) is 11.8 Å². The largest absolute Gasteiger partial charge is 0.330 e. The van der Waals surface area contributed by atoms with Crippen LogP contribution in [0.5, 0.6) is 0 Å². The van der Waals surface area contributed by atoms with Crippen LogP contribution in [0.15, 0.2) is 39.1 Å². The molecule has 2 rings (SSSR count). The Morgan fingerprint density at radius 2 is 2.14 bits per heavy atom. The van der Waals surface area contributed by atoms with Crippen LogP contribution in [0, 0.1) is 5.82 Å². The summed E-state index contributed by atoms with van der Waals surface area (Å²) in [6.07, 6.45) is 2.28. The summed E-state index contributed by atoms with van der Waals surface area (Å²) < 4.78 is 14.0. The molecular formula is C15H18FN3OS. The summed E-state index contributed by atoms with van der Waals surface area (Å²) in [6, 6.07) is 6.49. The van der Waals surface area contributed by atoms with Crippen molar-refractivity contribution < 1.29 is 4.39 Å². The highest BCUT2D eigenvalue weighted by atomic mass is 32.2. The zero-order valence-corrected chi connectivity index (χ0v) is 12.7. The third-order valence-corrected chi connectivity index (χ3v) is 3.85. The maximum atomic E-state index is 14.0. The minimum atomic E-state index is -0.325. The molecule has 0 amide bonds. The maximum absolute atomic E-state index is 14.0. The van der Waals surface area contributed by atoms with Crippen LogP contribution in [0.2, 0.25) is 0 Å². The Morgan fingerprint density at radius 3 is 2.81 bits per heavy atom. The van der Waals surface area contributed by atoms with E-state index >= 15 is 0 Å². The lowest BCUT2D eigenvalue weighted by Gasteiger charge is -2.06. The molecule has 21 heavy (non-hydrogen) atoms. The fourth-order valence-corrected chi connectivity index (χ4v) is 2.78. The van der Waals surface area contributed by atoms with E-state index in [1.54, 1.807) is 6.07 Å². The first-order valence-corrected chi connectivity index (χ1v) is 7.70. The second kappa shape index (κ2) is 7.38. The van der Waals surface area contributed by atoms with Gasteiger partial charge in [-0.1, -0.05) is 19.4 Å². The van der Waals surface area contributed by atoms with Crippen LogP contribution in [0.4, 0.5) is 4.39 Å². The van der Waals surface area contributed by atoms with Crippen molar-refractivity contribution in [1.82, 2.24) is 9.97 Å². The Kier molecular flexibility index (Phi) is 5.52. The standard InChI is InChI=1S/C15H18FN3OS/c1-2-3-11-9-14(20)19-15(18-11)21-13-5-4-10(6-7-17)8-12(13)16/h4-5,8-9H,2-3,6-7,17H2,1H3,(H,18,19,20). The van der Waals surface area contributed by atoms with E-state index in [1.807, 2.05) is 13.0 Å². The average molecular weight is 307 g/mol. The van der Waals surface area contributed by atoms with Crippen molar-refractivity contribution >= 4 is 11.8 Å². The molecule has 0 saturated carbocycles. The van der Waals surface area contributed by atoms with Gasteiger partial charge >= 0.3 is 0 Å². The Balaban J connectivity index is 2.23. The summed E-state index contributed by atoms with van der Waals surface area (Å²) >= 11 is 1.12. The van der Waals surface area contributed by atoms with E-state index in [1.165, 1.54) is 12.1 Å². The Hall–Kier alpha value is -1.66. The molecule has 0 aliphatic carbocycles. The third-order valence-electron chi connectivity index (χ3n) is 2.92. The van der Waals surface area contributed by atoms with Crippen molar-refractivity contribution in [2.24, 2.45) is 5.73 Å². The highest BCUT2D eigenvalue weighted by Gasteiger charge is 2.08. The van der Waals surface area contributed by atoms with E-state index in [0.717, 1.165) is 35.9 Å². The molecule has 3 N–H and O–H groups in total. The van der Waals surface area contributed by atoms with Crippen LogP contribution in [-0.2, 0) is 12.8 Å². The number of benzene rings is 1. The van der Waals surface area contributed by atoms with E-state index in [-0.39, 0.29) is 11.4 Å². The number of H-pyrrole nitrogens is 1. The van der Waals surface area contributed by atoms with Crippen LogP contribution in [0.25, 0.3) is 0 Å². The van der Waals surface area contributed by atoms with Crippen molar-refractivity contribution in [3.05, 3.63) is 51.7 Å². The number of hydrogen-bond acceptors (Lipinski definition) is 4. The predicted molar refractivity (Wildman–Crippen MR) is 82.1 cm³/mol. The molecule has 112 valence electrons. The van der Waals surface area contributed by atoms with Crippen molar-refractivity contribution in [3.63, 3.8) is 0 Å². The minimum Gasteiger partial charge on any atom is -0.330 e. The van der Waals surface area contributed by atoms with Gasteiger partial charge in [-0.3, -0.25) is 4.79 Å². The normalized spacial score (nSPS) is 10.8. The lowest BCUT2D eigenvalue weighted by Crippen LogP contribution is -2.10. The summed E-state index contributed by atoms with van der Waals surface area (Å²) in [4.78, 5) is 19.0. The first kappa shape index (κ1) is 15.7. The lowest BCUT2D eigenvalue weighted by molar-refractivity contribution is 0.599. The van der Waals surface area contributed by atoms with E-state index < -0.39 is 0 Å². The second-order valence-corrected chi connectivity index (χ2v) is 5.73. The molecule has 0 saturated heterocycles. The zero-order valence-electron chi connectivity index (χ0n) is 11.9. The van der Waals surface area contributed by atoms with E-state index in [4.69, 9.17) is 5.73 Å². The van der Waals surface area contributed by atoms with E-state index in [0.29, 0.717) is 23.0 Å². The Labute approximate surface area is 127 Å². The van der Waals surface area contributed by atoms with Gasteiger partial charge in [0.05, 0.1) is 4.90 Å². The van der Waals surface area contributed by atoms with Crippen LogP contribution < -0.4 is 11.3 Å². The van der Waals surface area contributed by atoms with E-state index in [2.05, 4.69) is 9.97 Å². The van der Waals surface area contributed by atoms with Crippen molar-refractivity contribution in [2.75, 3.05) is 6.54 Å². The summed E-state index contributed by atoms with van der Waals surface area (Å²) in [7, 11) is 0. The number of nitrogens with zero attached hydrogens (tertiary/aromatic N) is 1. The van der Waals surface area contributed by atoms with Crippen molar-refractivity contribution in [3.8, 4) is 0 Å². The fraction of sp³-hybridized carbons (Fsp3) is 0.333. The summed E-state index contributed by atoms with van der Waals surface area (Å²) in [5.74, 6) is -0.325. The fourth-order valence-electron chi connectivity index (χ4n) is 1.97. The highest BCUT2D eigenvalue weighted by molar-refractivity contribution is 7.99. The number of nitrogens with two attached hydrogens (primary N) is 1. The Bertz CT molecular complexity index is 672. The Morgan fingerprint density at radius 1 is 1.33 bits per heavy atom. The monoisotopic (exact) mass is 307 g/mol. The quantitative estimate of drug-likeness (QED) is 0.804. The number of aryl methyl sites for hydroxylation is 1. The van der Waals surface area contributed by atoms with Crippen LogP contribution in [-0.4, -0.2) is 16.5 Å². The minimum absolute atomic E-state index is 0.212. The van der Waals surface area contributed by atoms with Crippen LogP contribution in [0.1, 0.15) is 24.6 Å². The van der Waals surface area contributed by atoms with Crippen molar-refractivity contribution in [1.29, 1.82) is 0 Å². The summed E-state index contributed by atoms with van der Waals surface area (Å²) in [5, 5.41) is 0.413. The third kappa shape index (κ3) is 4.41. The van der Waals surface area contributed by atoms with Crippen molar-refractivity contribution in [2.45, 2.75) is 36.2 Å². The lowest BCUT2D eigenvalue weighted by atomic mass is 10.1. The molecule has 1 aromatic heterocycles. The molecular weight excluding hydrogens is 289 g/mol. The molecule has 0 radical (unpaired) electrons. The smallest absolute Gasteiger partial charge is 0.251 e. The molecule has 1 heterocycles. The molecule has 2 aromatic rings. The molecule has 0 aliphatic heterocycles. The molecule has 4 nitrogen and oxygen atoms in total. The van der Waals surface area contributed by atoms with Gasteiger partial charge in [0.25, 0.3) is 5.56 Å². The first-order chi connectivity index (χ1) is 10.1. The topological polar surface area (TPSA) is 71.8 Å². The highest BCUT2D eigenvalue weighted by Crippen LogP contribution is 2.27. The molecule has 0 aliphatic rings. The van der Waals surface area contributed by atoms with Crippen LogP contribution in [0.3, 0.4) is 0 Å². The average Bonchev–Trinajstić information content (AvgIpc) is 2.42. The number of halogens is 1. The summed E-state index contributed by atoms with van der Waals surface area (Å²) in [6.45, 7) is 2.51. The zero-order chi connectivity index (χ0) is 15.2. The predicted octanol–water partition coefficient (Wildman–Crippen LogP) is 2.51. The summed E-state index contributed by atoms with van der Waals surface area (Å²) in [5.41, 5.74) is 6.83. The number of hydrogen-bond donors (Lipinski definition) is 2. The maximum Gasteiger partial charge on any atom is 0.251 e. The van der Waals surface area contributed by atoms with Gasteiger partial charge < -0.3 is 10.7 Å². The van der Waals surface area contributed by atoms with Gasteiger partial charge in [-0.2, -0.15) is 0 Å². The van der Waals surface area contributed by atoms with Crippen LogP contribution >= 0.6 is 11.8 Å². The molecule has 0 bridgehead atoms. The molecule has 0 spiro atoms. The van der Waals surface area contributed by atoms with E-state index in [9.17, 15) is 9.18 Å². The number of nitrogens with one attached hydrogen (secondary N) is 1. The van der Waals surface area contributed by atoms with Gasteiger partial charge in [-0.25, -0.2) is 9.37 Å².